The van der Waals surface area contributed by atoms with Gasteiger partial charge in [-0.15, -0.1) is 0 Å². The van der Waals surface area contributed by atoms with Gasteiger partial charge in [-0.3, -0.25) is 14.7 Å². The highest BCUT2D eigenvalue weighted by atomic mass is 16.1. The van der Waals surface area contributed by atoms with Gasteiger partial charge in [-0.05, 0) is 36.3 Å². The van der Waals surface area contributed by atoms with Gasteiger partial charge in [0, 0.05) is 24.7 Å². The average Bonchev–Trinajstić information content (AvgIpc) is 2.70. The molecule has 0 aliphatic heterocycles. The van der Waals surface area contributed by atoms with E-state index in [-0.39, 0.29) is 5.91 Å². The van der Waals surface area contributed by atoms with Crippen molar-refractivity contribution in [3.63, 3.8) is 0 Å². The number of rotatable bonds is 7. The van der Waals surface area contributed by atoms with Crippen molar-refractivity contribution in [1.29, 1.82) is 0 Å². The zero-order chi connectivity index (χ0) is 18.4. The molecular formula is C22H25N3O. The number of hydrogen-bond donors (Lipinski definition) is 1. The average molecular weight is 347 g/mol. The van der Waals surface area contributed by atoms with Crippen molar-refractivity contribution in [2.45, 2.75) is 26.9 Å². The lowest BCUT2D eigenvalue weighted by Crippen LogP contribution is -2.23. The van der Waals surface area contributed by atoms with Gasteiger partial charge >= 0.3 is 0 Å². The van der Waals surface area contributed by atoms with Crippen molar-refractivity contribution >= 4 is 16.8 Å². The molecule has 0 bridgehead atoms. The number of aromatic nitrogens is 1. The quantitative estimate of drug-likeness (QED) is 0.702. The van der Waals surface area contributed by atoms with Gasteiger partial charge in [-0.1, -0.05) is 56.3 Å². The van der Waals surface area contributed by atoms with Gasteiger partial charge in [0.25, 0.3) is 5.91 Å². The summed E-state index contributed by atoms with van der Waals surface area (Å²) in [7, 11) is 0. The molecule has 3 aromatic rings. The molecule has 4 nitrogen and oxygen atoms in total. The van der Waals surface area contributed by atoms with Crippen LogP contribution in [0.2, 0.25) is 0 Å². The summed E-state index contributed by atoms with van der Waals surface area (Å²) in [4.78, 5) is 19.3. The number of carbonyl (C=O) groups excluding carboxylic acids is 1. The predicted molar refractivity (Wildman–Crippen MR) is 106 cm³/mol. The Morgan fingerprint density at radius 3 is 2.38 bits per heavy atom. The van der Waals surface area contributed by atoms with Gasteiger partial charge < -0.3 is 5.32 Å². The van der Waals surface area contributed by atoms with Crippen molar-refractivity contribution in [2.75, 3.05) is 13.1 Å². The summed E-state index contributed by atoms with van der Waals surface area (Å²) in [5, 5.41) is 3.97. The Morgan fingerprint density at radius 2 is 1.65 bits per heavy atom. The molecule has 1 heterocycles. The summed E-state index contributed by atoms with van der Waals surface area (Å²) in [5.74, 6) is -0.0958. The van der Waals surface area contributed by atoms with Crippen LogP contribution in [0.1, 0.15) is 35.3 Å². The fourth-order valence-corrected chi connectivity index (χ4v) is 3.03. The number of carbonyl (C=O) groups is 1. The van der Waals surface area contributed by atoms with Gasteiger partial charge in [-0.2, -0.15) is 0 Å². The Balaban J connectivity index is 1.64. The predicted octanol–water partition coefficient (Wildman–Crippen LogP) is 4.01. The van der Waals surface area contributed by atoms with Crippen molar-refractivity contribution in [1.82, 2.24) is 15.2 Å². The number of pyridine rings is 1. The van der Waals surface area contributed by atoms with Crippen LogP contribution >= 0.6 is 0 Å². The van der Waals surface area contributed by atoms with Crippen LogP contribution in [-0.2, 0) is 13.1 Å². The van der Waals surface area contributed by atoms with E-state index < -0.39 is 0 Å². The van der Waals surface area contributed by atoms with E-state index in [2.05, 4.69) is 53.3 Å². The summed E-state index contributed by atoms with van der Waals surface area (Å²) in [5.41, 5.74) is 3.74. The third-order valence-electron chi connectivity index (χ3n) is 4.65. The van der Waals surface area contributed by atoms with Crippen molar-refractivity contribution in [3.05, 3.63) is 77.5 Å². The topological polar surface area (TPSA) is 45.2 Å². The normalized spacial score (nSPS) is 11.0. The molecule has 0 radical (unpaired) electrons. The van der Waals surface area contributed by atoms with Crippen LogP contribution in [0.4, 0.5) is 0 Å². The van der Waals surface area contributed by atoms with Gasteiger partial charge in [0.1, 0.15) is 0 Å². The smallest absolute Gasteiger partial charge is 0.253 e. The maximum atomic E-state index is 12.6. The number of nitrogens with zero attached hydrogens (tertiary/aromatic N) is 2. The van der Waals surface area contributed by atoms with Crippen LogP contribution in [0.5, 0.6) is 0 Å². The van der Waals surface area contributed by atoms with E-state index >= 15 is 0 Å². The maximum absolute atomic E-state index is 12.6. The van der Waals surface area contributed by atoms with Crippen LogP contribution < -0.4 is 5.32 Å². The summed E-state index contributed by atoms with van der Waals surface area (Å²) < 4.78 is 0. The Labute approximate surface area is 154 Å². The Morgan fingerprint density at radius 1 is 0.962 bits per heavy atom. The summed E-state index contributed by atoms with van der Waals surface area (Å²) in [6.45, 7) is 7.92. The third kappa shape index (κ3) is 4.27. The van der Waals surface area contributed by atoms with E-state index in [1.807, 2.05) is 30.3 Å². The van der Waals surface area contributed by atoms with Crippen LogP contribution in [0.3, 0.4) is 0 Å². The molecule has 1 N–H and O–H groups in total. The van der Waals surface area contributed by atoms with E-state index in [9.17, 15) is 4.79 Å². The van der Waals surface area contributed by atoms with E-state index in [4.69, 9.17) is 0 Å². The highest BCUT2D eigenvalue weighted by Crippen LogP contribution is 2.16. The molecule has 3 rings (SSSR count). The minimum absolute atomic E-state index is 0.0958. The lowest BCUT2D eigenvalue weighted by molar-refractivity contribution is 0.0952. The van der Waals surface area contributed by atoms with E-state index in [1.165, 1.54) is 5.56 Å². The van der Waals surface area contributed by atoms with Crippen molar-refractivity contribution < 1.29 is 4.79 Å². The largest absolute Gasteiger partial charge is 0.348 e. The van der Waals surface area contributed by atoms with E-state index in [1.54, 1.807) is 6.20 Å². The number of fused-ring (bicyclic) bond motifs is 1. The number of amides is 1. The maximum Gasteiger partial charge on any atom is 0.253 e. The van der Waals surface area contributed by atoms with Crippen LogP contribution in [0.15, 0.2) is 60.8 Å². The minimum atomic E-state index is -0.0958. The number of hydrogen-bond acceptors (Lipinski definition) is 3. The highest BCUT2D eigenvalue weighted by Gasteiger charge is 2.10. The lowest BCUT2D eigenvalue weighted by atomic mass is 10.1. The van der Waals surface area contributed by atoms with Crippen molar-refractivity contribution in [2.24, 2.45) is 0 Å². The Bertz CT molecular complexity index is 865. The molecule has 26 heavy (non-hydrogen) atoms. The zero-order valence-corrected chi connectivity index (χ0v) is 15.4. The second kappa shape index (κ2) is 8.59. The third-order valence-corrected chi connectivity index (χ3v) is 4.65. The van der Waals surface area contributed by atoms with Gasteiger partial charge in [0.05, 0.1) is 11.1 Å². The molecule has 0 saturated heterocycles. The molecule has 4 heteroatoms. The molecule has 0 spiro atoms. The number of benzene rings is 2. The molecule has 0 atom stereocenters. The second-order valence-corrected chi connectivity index (χ2v) is 6.34. The molecule has 0 aliphatic carbocycles. The Kier molecular flexibility index (Phi) is 5.97. The molecule has 0 fully saturated rings. The first-order valence-electron chi connectivity index (χ1n) is 9.13. The molecule has 1 amide bonds. The molecule has 0 saturated carbocycles. The first-order valence-corrected chi connectivity index (χ1v) is 9.13. The van der Waals surface area contributed by atoms with Gasteiger partial charge in [-0.25, -0.2) is 0 Å². The number of para-hydroxylation sites is 1. The van der Waals surface area contributed by atoms with Gasteiger partial charge in [0.15, 0.2) is 0 Å². The van der Waals surface area contributed by atoms with E-state index in [0.717, 1.165) is 36.1 Å². The summed E-state index contributed by atoms with van der Waals surface area (Å²) in [6.07, 6.45) is 1.72. The molecule has 0 unspecified atom stereocenters. The fraction of sp³-hybridized carbons (Fsp3) is 0.273. The second-order valence-electron chi connectivity index (χ2n) is 6.34. The molecule has 0 aliphatic rings. The SMILES string of the molecule is CCN(CC)Cc1ccc(CNC(=O)c2cccc3cccnc23)cc1. The van der Waals surface area contributed by atoms with Crippen LogP contribution in [0.25, 0.3) is 10.9 Å². The van der Waals surface area contributed by atoms with Gasteiger partial charge in [0.2, 0.25) is 0 Å². The molecule has 134 valence electrons. The molecular weight excluding hydrogens is 322 g/mol. The lowest BCUT2D eigenvalue weighted by Gasteiger charge is -2.18. The summed E-state index contributed by atoms with van der Waals surface area (Å²) in [6, 6.07) is 18.0. The standard InChI is InChI=1S/C22H25N3O/c1-3-25(4-2)16-18-12-10-17(11-13-18)15-24-22(26)20-9-5-7-19-8-6-14-23-21(19)20/h5-14H,3-4,15-16H2,1-2H3,(H,24,26). The van der Waals surface area contributed by atoms with Crippen LogP contribution in [-0.4, -0.2) is 28.9 Å². The number of nitrogens with one attached hydrogen (secondary N) is 1. The fourth-order valence-electron chi connectivity index (χ4n) is 3.03. The van der Waals surface area contributed by atoms with Crippen LogP contribution in [0, 0.1) is 0 Å². The first kappa shape index (κ1) is 18.1. The Hall–Kier alpha value is -2.72. The molecule has 1 aromatic heterocycles. The molecule has 2 aromatic carbocycles. The van der Waals surface area contributed by atoms with E-state index in [0.29, 0.717) is 12.1 Å². The summed E-state index contributed by atoms with van der Waals surface area (Å²) >= 11 is 0. The minimum Gasteiger partial charge on any atom is -0.348 e. The van der Waals surface area contributed by atoms with Crippen molar-refractivity contribution in [3.8, 4) is 0 Å². The monoisotopic (exact) mass is 347 g/mol. The highest BCUT2D eigenvalue weighted by molar-refractivity contribution is 6.05. The first-order chi connectivity index (χ1) is 12.7. The zero-order valence-electron chi connectivity index (χ0n) is 15.4.